The number of morpholine rings is 1. The zero-order valence-corrected chi connectivity index (χ0v) is 20.5. The van der Waals surface area contributed by atoms with Gasteiger partial charge in [-0.3, -0.25) is 14.2 Å². The van der Waals surface area contributed by atoms with Crippen molar-refractivity contribution in [1.82, 2.24) is 29.3 Å². The van der Waals surface area contributed by atoms with Crippen molar-refractivity contribution in [1.29, 1.82) is 0 Å². The Balaban J connectivity index is 1.49. The Bertz CT molecular complexity index is 1310. The Hall–Kier alpha value is -3.87. The minimum Gasteiger partial charge on any atom is -0.472 e. The van der Waals surface area contributed by atoms with Crippen molar-refractivity contribution < 1.29 is 27.8 Å². The van der Waals surface area contributed by atoms with Gasteiger partial charge in [0.1, 0.15) is 11.9 Å². The number of likely N-dealkylation sites (N-methyl/N-ethyl adjacent to an activating group) is 1. The second kappa shape index (κ2) is 10.2. The molecule has 2 aromatic heterocycles. The predicted octanol–water partition coefficient (Wildman–Crippen LogP) is 1.66. The number of fused-ring (bicyclic) bond motifs is 1. The van der Waals surface area contributed by atoms with Crippen molar-refractivity contribution >= 4 is 28.8 Å². The van der Waals surface area contributed by atoms with E-state index in [1.165, 1.54) is 34.5 Å². The summed E-state index contributed by atoms with van der Waals surface area (Å²) in [4.78, 5) is 42.4. The highest BCUT2D eigenvalue weighted by molar-refractivity contribution is 6.34. The van der Waals surface area contributed by atoms with Gasteiger partial charge in [-0.2, -0.15) is 9.97 Å². The van der Waals surface area contributed by atoms with Gasteiger partial charge >= 0.3 is 11.8 Å². The summed E-state index contributed by atoms with van der Waals surface area (Å²) >= 11 is 0. The van der Waals surface area contributed by atoms with E-state index < -0.39 is 30.2 Å². The minimum atomic E-state index is -2.83. The summed E-state index contributed by atoms with van der Waals surface area (Å²) in [6.07, 6.45) is -2.76. The Morgan fingerprint density at radius 2 is 1.86 bits per heavy atom. The summed E-state index contributed by atoms with van der Waals surface area (Å²) in [7, 11) is 3.04. The maximum Gasteiger partial charge on any atom is 0.312 e. The molecule has 13 heteroatoms. The Labute approximate surface area is 211 Å². The number of hydrogen-bond acceptors (Lipinski definition) is 8. The summed E-state index contributed by atoms with van der Waals surface area (Å²) in [6.45, 7) is 2.61. The molecule has 2 aliphatic rings. The van der Waals surface area contributed by atoms with Gasteiger partial charge in [-0.25, -0.2) is 13.8 Å². The van der Waals surface area contributed by atoms with Crippen LogP contribution in [0.4, 0.5) is 14.7 Å². The average Bonchev–Trinajstić information content (AvgIpc) is 3.53. The Morgan fingerprint density at radius 1 is 1.11 bits per heavy atom. The molecule has 0 unspecified atom stereocenters. The van der Waals surface area contributed by atoms with Gasteiger partial charge in [0.15, 0.2) is 5.82 Å². The standard InChI is InChI=1S/C24H27F2N7O4/c1-30(2)22(34)23(35)32-8-7-15(14-32)37-19-13-18(28-24(29-19)31-9-11-36-12-10-31)33-17-6-4-3-5-16(17)27-21(33)20(25)26/h3-6,13,15,20H,7-12,14H2,1-2H3/t15-/m0/s1. The first-order chi connectivity index (χ1) is 17.8. The van der Waals surface area contributed by atoms with Crippen LogP contribution in [-0.2, 0) is 14.3 Å². The van der Waals surface area contributed by atoms with E-state index in [-0.39, 0.29) is 18.2 Å². The van der Waals surface area contributed by atoms with Crippen molar-refractivity contribution in [3.8, 4) is 11.7 Å². The molecule has 0 aliphatic carbocycles. The Morgan fingerprint density at radius 3 is 2.59 bits per heavy atom. The number of likely N-dealkylation sites (tertiary alicyclic amines) is 1. The third-order valence-electron chi connectivity index (χ3n) is 6.29. The summed E-state index contributed by atoms with van der Waals surface area (Å²) in [5, 5.41) is 0. The molecule has 3 aromatic rings. The zero-order chi connectivity index (χ0) is 26.1. The number of anilines is 1. The van der Waals surface area contributed by atoms with Gasteiger partial charge < -0.3 is 24.2 Å². The second-order valence-electron chi connectivity index (χ2n) is 9.04. The number of alkyl halides is 2. The van der Waals surface area contributed by atoms with Gasteiger partial charge in [-0.15, -0.1) is 0 Å². The molecule has 0 radical (unpaired) electrons. The monoisotopic (exact) mass is 515 g/mol. The summed E-state index contributed by atoms with van der Waals surface area (Å²) in [6, 6.07) is 8.35. The smallest absolute Gasteiger partial charge is 0.312 e. The molecule has 0 saturated carbocycles. The van der Waals surface area contributed by atoms with Crippen LogP contribution in [0.2, 0.25) is 0 Å². The number of hydrogen-bond donors (Lipinski definition) is 0. The van der Waals surface area contributed by atoms with Gasteiger partial charge in [-0.1, -0.05) is 12.1 Å². The number of benzene rings is 1. The van der Waals surface area contributed by atoms with Crippen LogP contribution in [0.1, 0.15) is 18.7 Å². The summed E-state index contributed by atoms with van der Waals surface area (Å²) in [5.41, 5.74) is 0.900. The van der Waals surface area contributed by atoms with Crippen molar-refractivity contribution in [2.75, 3.05) is 58.4 Å². The molecule has 5 rings (SSSR count). The molecular formula is C24H27F2N7O4. The number of amides is 2. The molecule has 196 valence electrons. The fourth-order valence-electron chi connectivity index (χ4n) is 4.42. The second-order valence-corrected chi connectivity index (χ2v) is 9.04. The van der Waals surface area contributed by atoms with Crippen LogP contribution in [0.25, 0.3) is 16.9 Å². The number of rotatable bonds is 5. The van der Waals surface area contributed by atoms with Gasteiger partial charge in [0.05, 0.1) is 30.8 Å². The molecule has 2 fully saturated rings. The molecule has 2 saturated heterocycles. The number of aromatic nitrogens is 4. The maximum absolute atomic E-state index is 14.0. The van der Waals surface area contributed by atoms with E-state index in [1.807, 2.05) is 4.90 Å². The lowest BCUT2D eigenvalue weighted by Gasteiger charge is -2.27. The van der Waals surface area contributed by atoms with Gasteiger partial charge in [0.2, 0.25) is 11.8 Å². The molecule has 4 heterocycles. The van der Waals surface area contributed by atoms with E-state index in [0.717, 1.165) is 0 Å². The first kappa shape index (κ1) is 24.8. The predicted molar refractivity (Wildman–Crippen MR) is 129 cm³/mol. The van der Waals surface area contributed by atoms with E-state index >= 15 is 0 Å². The lowest BCUT2D eigenvalue weighted by Crippen LogP contribution is -2.42. The van der Waals surface area contributed by atoms with E-state index in [2.05, 4.69) is 15.0 Å². The normalized spacial score (nSPS) is 18.0. The van der Waals surface area contributed by atoms with Gasteiger partial charge in [0, 0.05) is 46.2 Å². The number of ether oxygens (including phenoxy) is 2. The third kappa shape index (κ3) is 5.03. The minimum absolute atomic E-state index is 0.183. The van der Waals surface area contributed by atoms with Crippen LogP contribution in [0.5, 0.6) is 5.88 Å². The molecular weight excluding hydrogens is 488 g/mol. The van der Waals surface area contributed by atoms with Crippen molar-refractivity contribution in [3.63, 3.8) is 0 Å². The molecule has 0 bridgehead atoms. The number of para-hydroxylation sites is 2. The molecule has 0 N–H and O–H groups in total. The highest BCUT2D eigenvalue weighted by Gasteiger charge is 2.32. The molecule has 11 nitrogen and oxygen atoms in total. The lowest BCUT2D eigenvalue weighted by molar-refractivity contribution is -0.149. The van der Waals surface area contributed by atoms with Crippen LogP contribution in [0.3, 0.4) is 0 Å². The Kier molecular flexibility index (Phi) is 6.87. The van der Waals surface area contributed by atoms with Gasteiger partial charge in [0.25, 0.3) is 6.43 Å². The van der Waals surface area contributed by atoms with E-state index in [1.54, 1.807) is 24.3 Å². The molecule has 2 amide bonds. The van der Waals surface area contributed by atoms with E-state index in [9.17, 15) is 18.4 Å². The number of nitrogens with zero attached hydrogens (tertiary/aromatic N) is 7. The average molecular weight is 516 g/mol. The number of halogens is 2. The van der Waals surface area contributed by atoms with E-state index in [0.29, 0.717) is 56.3 Å². The van der Waals surface area contributed by atoms with Crippen LogP contribution < -0.4 is 9.64 Å². The summed E-state index contributed by atoms with van der Waals surface area (Å²) < 4.78 is 40.9. The summed E-state index contributed by atoms with van der Waals surface area (Å²) in [5.74, 6) is -0.931. The largest absolute Gasteiger partial charge is 0.472 e. The topological polar surface area (TPSA) is 106 Å². The maximum atomic E-state index is 14.0. The highest BCUT2D eigenvalue weighted by atomic mass is 19.3. The van der Waals surface area contributed by atoms with Crippen molar-refractivity contribution in [3.05, 3.63) is 36.2 Å². The zero-order valence-electron chi connectivity index (χ0n) is 20.5. The molecule has 1 atom stereocenters. The lowest BCUT2D eigenvalue weighted by atomic mass is 10.3. The SMILES string of the molecule is CN(C)C(=O)C(=O)N1CC[C@H](Oc2cc(-n3c(C(F)F)nc4ccccc43)nc(N3CCOCC3)n2)C1. The van der Waals surface area contributed by atoms with Crippen LogP contribution in [0, 0.1) is 0 Å². The molecule has 0 spiro atoms. The molecule has 37 heavy (non-hydrogen) atoms. The first-order valence-electron chi connectivity index (χ1n) is 12.0. The molecule has 1 aromatic carbocycles. The van der Waals surface area contributed by atoms with Crippen molar-refractivity contribution in [2.45, 2.75) is 19.0 Å². The van der Waals surface area contributed by atoms with E-state index in [4.69, 9.17) is 9.47 Å². The fraction of sp³-hybridized carbons (Fsp3) is 0.458. The van der Waals surface area contributed by atoms with Crippen molar-refractivity contribution in [2.24, 2.45) is 0 Å². The first-order valence-corrected chi connectivity index (χ1v) is 12.0. The third-order valence-corrected chi connectivity index (χ3v) is 6.29. The molecule has 2 aliphatic heterocycles. The van der Waals surface area contributed by atoms with Crippen LogP contribution in [-0.4, -0.2) is 101 Å². The number of carbonyl (C=O) groups is 2. The van der Waals surface area contributed by atoms with Crippen LogP contribution in [0.15, 0.2) is 30.3 Å². The number of carbonyl (C=O) groups excluding carboxylic acids is 2. The fourth-order valence-corrected chi connectivity index (χ4v) is 4.42. The van der Waals surface area contributed by atoms with Crippen LogP contribution >= 0.6 is 0 Å². The van der Waals surface area contributed by atoms with Gasteiger partial charge in [-0.05, 0) is 12.1 Å². The highest BCUT2D eigenvalue weighted by Crippen LogP contribution is 2.30. The number of imidazole rings is 1. The quantitative estimate of drug-likeness (QED) is 0.473.